The number of hydrogen-bond acceptors (Lipinski definition) is 2. The fourth-order valence-corrected chi connectivity index (χ4v) is 2.48. The van der Waals surface area contributed by atoms with E-state index in [9.17, 15) is 5.21 Å². The number of hydroxylamine groups is 2. The van der Waals surface area contributed by atoms with Gasteiger partial charge in [0.1, 0.15) is 18.5 Å². The Bertz CT molecular complexity index is 174. The third kappa shape index (κ3) is 4.49. The van der Waals surface area contributed by atoms with Crippen LogP contribution in [0.3, 0.4) is 0 Å². The molecule has 82 valence electrons. The Morgan fingerprint density at radius 3 is 2.57 bits per heavy atom. The van der Waals surface area contributed by atoms with Gasteiger partial charge in [0.15, 0.2) is 0 Å². The summed E-state index contributed by atoms with van der Waals surface area (Å²) in [6.45, 7) is 3.67. The van der Waals surface area contributed by atoms with E-state index in [0.29, 0.717) is 6.54 Å². The number of rotatable bonds is 7. The number of nitrogens with zero attached hydrogens (tertiary/aromatic N) is 1. The Morgan fingerprint density at radius 2 is 1.93 bits per heavy atom. The molecule has 0 fully saturated rings. The summed E-state index contributed by atoms with van der Waals surface area (Å²) in [7, 11) is 0. The van der Waals surface area contributed by atoms with Crippen LogP contribution in [0.1, 0.15) is 45.4 Å². The van der Waals surface area contributed by atoms with Gasteiger partial charge in [-0.05, 0) is 18.9 Å². The lowest BCUT2D eigenvalue weighted by Gasteiger charge is -2.35. The van der Waals surface area contributed by atoms with Gasteiger partial charge in [-0.15, -0.1) is 0 Å². The average molecular weight is 215 g/mol. The van der Waals surface area contributed by atoms with Crippen LogP contribution >= 0.6 is 11.9 Å². The van der Waals surface area contributed by atoms with Crippen LogP contribution in [0.2, 0.25) is 0 Å². The van der Waals surface area contributed by atoms with Crippen molar-refractivity contribution in [2.45, 2.75) is 45.4 Å². The third-order valence-electron chi connectivity index (χ3n) is 2.59. The molecule has 0 saturated carbocycles. The molecule has 1 unspecified atom stereocenters. The predicted molar refractivity (Wildman–Crippen MR) is 63.5 cm³/mol. The molecular formula is C11H21NOS. The standard InChI is InChI=1S/C11H21NOS/c1-2-3-4-5-6-7-9-12(13)10-8-11-14-12/h8,11H,2-7,9-10H2,1H3. The summed E-state index contributed by atoms with van der Waals surface area (Å²) in [5.41, 5.74) is 0. The summed E-state index contributed by atoms with van der Waals surface area (Å²) in [5.74, 6) is 0. The molecule has 14 heavy (non-hydrogen) atoms. The molecule has 0 saturated heterocycles. The van der Waals surface area contributed by atoms with Gasteiger partial charge in [0.25, 0.3) is 0 Å². The quantitative estimate of drug-likeness (QED) is 0.279. The highest BCUT2D eigenvalue weighted by Crippen LogP contribution is 2.28. The molecule has 1 aliphatic heterocycles. The van der Waals surface area contributed by atoms with Gasteiger partial charge in [0, 0.05) is 5.41 Å². The Kier molecular flexibility index (Phi) is 5.60. The largest absolute Gasteiger partial charge is 0.620 e. The van der Waals surface area contributed by atoms with Crippen molar-refractivity contribution >= 4 is 11.9 Å². The van der Waals surface area contributed by atoms with Crippen LogP contribution in [0, 0.1) is 5.21 Å². The van der Waals surface area contributed by atoms with Gasteiger partial charge in [-0.1, -0.05) is 32.6 Å². The minimum atomic E-state index is -0.0756. The molecule has 0 N–H and O–H groups in total. The van der Waals surface area contributed by atoms with Gasteiger partial charge in [0.2, 0.25) is 0 Å². The van der Waals surface area contributed by atoms with Gasteiger partial charge in [-0.2, -0.15) is 0 Å². The number of quaternary nitrogens is 1. The lowest BCUT2D eigenvalue weighted by Crippen LogP contribution is -2.32. The van der Waals surface area contributed by atoms with E-state index < -0.39 is 0 Å². The first-order chi connectivity index (χ1) is 6.77. The second-order valence-corrected chi connectivity index (χ2v) is 5.11. The first kappa shape index (κ1) is 12.1. The lowest BCUT2D eigenvalue weighted by molar-refractivity contribution is -0.731. The maximum absolute atomic E-state index is 11.8. The van der Waals surface area contributed by atoms with E-state index in [1.807, 2.05) is 11.5 Å². The maximum Gasteiger partial charge on any atom is 0.109 e. The summed E-state index contributed by atoms with van der Waals surface area (Å²) in [6, 6.07) is 0. The zero-order valence-electron chi connectivity index (χ0n) is 9.08. The topological polar surface area (TPSA) is 23.1 Å². The molecule has 0 amide bonds. The fourth-order valence-electron chi connectivity index (χ4n) is 1.68. The van der Waals surface area contributed by atoms with E-state index in [0.717, 1.165) is 13.0 Å². The molecule has 0 aromatic carbocycles. The van der Waals surface area contributed by atoms with Gasteiger partial charge < -0.3 is 5.21 Å². The first-order valence-corrected chi connectivity index (χ1v) is 6.52. The summed E-state index contributed by atoms with van der Waals surface area (Å²) < 4.78 is -0.0756. The van der Waals surface area contributed by atoms with Crippen molar-refractivity contribution in [3.8, 4) is 0 Å². The summed E-state index contributed by atoms with van der Waals surface area (Å²) in [4.78, 5) is 0. The molecule has 0 radical (unpaired) electrons. The van der Waals surface area contributed by atoms with E-state index in [1.54, 1.807) is 0 Å². The molecule has 1 heterocycles. The van der Waals surface area contributed by atoms with Crippen LogP contribution in [-0.4, -0.2) is 17.1 Å². The summed E-state index contributed by atoms with van der Waals surface area (Å²) in [6.07, 6.45) is 9.56. The van der Waals surface area contributed by atoms with Crippen LogP contribution in [0.25, 0.3) is 0 Å². The Morgan fingerprint density at radius 1 is 1.21 bits per heavy atom. The molecule has 1 aliphatic rings. The molecule has 0 bridgehead atoms. The molecule has 0 aromatic heterocycles. The summed E-state index contributed by atoms with van der Waals surface area (Å²) >= 11 is 1.41. The number of unbranched alkanes of at least 4 members (excludes halogenated alkanes) is 5. The van der Waals surface area contributed by atoms with Crippen LogP contribution in [-0.2, 0) is 0 Å². The van der Waals surface area contributed by atoms with Crippen LogP contribution in [0.5, 0.6) is 0 Å². The Balaban J connectivity index is 1.93. The van der Waals surface area contributed by atoms with Crippen molar-refractivity contribution < 1.29 is 4.05 Å². The molecule has 0 aromatic rings. The van der Waals surface area contributed by atoms with Crippen molar-refractivity contribution in [1.29, 1.82) is 0 Å². The highest BCUT2D eigenvalue weighted by molar-refractivity contribution is 7.97. The van der Waals surface area contributed by atoms with Crippen LogP contribution in [0.4, 0.5) is 0 Å². The Hall–Kier alpha value is 0.01000. The van der Waals surface area contributed by atoms with E-state index >= 15 is 0 Å². The van der Waals surface area contributed by atoms with Crippen molar-refractivity contribution in [3.05, 3.63) is 16.7 Å². The van der Waals surface area contributed by atoms with Crippen molar-refractivity contribution in [2.24, 2.45) is 0 Å². The van der Waals surface area contributed by atoms with Crippen LogP contribution < -0.4 is 0 Å². The van der Waals surface area contributed by atoms with E-state index in [1.165, 1.54) is 44.1 Å². The molecular weight excluding hydrogens is 194 g/mol. The molecule has 1 rings (SSSR count). The predicted octanol–water partition coefficient (Wildman–Crippen LogP) is 3.84. The molecule has 0 spiro atoms. The van der Waals surface area contributed by atoms with Gasteiger partial charge in [0.05, 0.1) is 6.54 Å². The zero-order valence-corrected chi connectivity index (χ0v) is 9.89. The van der Waals surface area contributed by atoms with E-state index in [-0.39, 0.29) is 4.05 Å². The zero-order chi connectivity index (χ0) is 10.3. The third-order valence-corrected chi connectivity index (χ3v) is 3.62. The van der Waals surface area contributed by atoms with Gasteiger partial charge in [-0.3, -0.25) is 4.05 Å². The monoisotopic (exact) mass is 215 g/mol. The molecule has 1 atom stereocenters. The van der Waals surface area contributed by atoms with Gasteiger partial charge >= 0.3 is 0 Å². The summed E-state index contributed by atoms with van der Waals surface area (Å²) in [5, 5.41) is 13.8. The molecule has 2 nitrogen and oxygen atoms in total. The minimum absolute atomic E-state index is 0.0756. The maximum atomic E-state index is 11.8. The van der Waals surface area contributed by atoms with Crippen molar-refractivity contribution in [3.63, 3.8) is 0 Å². The van der Waals surface area contributed by atoms with E-state index in [4.69, 9.17) is 0 Å². The molecule has 0 aliphatic carbocycles. The highest BCUT2D eigenvalue weighted by atomic mass is 32.2. The second kappa shape index (κ2) is 6.49. The molecule has 3 heteroatoms. The first-order valence-electron chi connectivity index (χ1n) is 5.68. The average Bonchev–Trinajstić information content (AvgIpc) is 2.59. The second-order valence-electron chi connectivity index (χ2n) is 3.97. The minimum Gasteiger partial charge on any atom is -0.620 e. The Labute approximate surface area is 91.7 Å². The van der Waals surface area contributed by atoms with Gasteiger partial charge in [-0.25, -0.2) is 0 Å². The number of hydrogen-bond donors (Lipinski definition) is 0. The van der Waals surface area contributed by atoms with E-state index in [2.05, 4.69) is 6.92 Å². The lowest BCUT2D eigenvalue weighted by atomic mass is 10.1. The fraction of sp³-hybridized carbons (Fsp3) is 0.818. The van der Waals surface area contributed by atoms with Crippen molar-refractivity contribution in [1.82, 2.24) is 0 Å². The smallest absolute Gasteiger partial charge is 0.109 e. The van der Waals surface area contributed by atoms with Crippen molar-refractivity contribution in [2.75, 3.05) is 13.1 Å². The normalized spacial score (nSPS) is 25.9. The SMILES string of the molecule is CCCCCCCC[N+]1([O-])CC=CS1. The highest BCUT2D eigenvalue weighted by Gasteiger charge is 2.19. The van der Waals surface area contributed by atoms with Crippen LogP contribution in [0.15, 0.2) is 11.5 Å².